The van der Waals surface area contributed by atoms with Crippen LogP contribution in [0.15, 0.2) is 58.5 Å². The number of hydrogen-bond acceptors (Lipinski definition) is 2. The van der Waals surface area contributed by atoms with Gasteiger partial charge in [0, 0.05) is 0 Å². The second-order valence-electron chi connectivity index (χ2n) is 4.85. The molecule has 2 aromatic rings. The van der Waals surface area contributed by atoms with Crippen molar-refractivity contribution < 1.29 is 0 Å². The zero-order chi connectivity index (χ0) is 14.6. The van der Waals surface area contributed by atoms with E-state index in [0.717, 1.165) is 5.56 Å². The van der Waals surface area contributed by atoms with E-state index in [2.05, 4.69) is 16.0 Å². The van der Waals surface area contributed by atoms with Crippen molar-refractivity contribution in [3.63, 3.8) is 0 Å². The predicted octanol–water partition coefficient (Wildman–Crippen LogP) is 5.73. The highest BCUT2D eigenvalue weighted by atomic mass is 35.5. The van der Waals surface area contributed by atoms with Crippen molar-refractivity contribution in [3.8, 4) is 0 Å². The molecule has 0 atom stereocenters. The lowest BCUT2D eigenvalue weighted by Crippen LogP contribution is -2.12. The molecule has 0 saturated carbocycles. The molecule has 2 rings (SSSR count). The molecule has 0 aliphatic rings. The number of hydrogen-bond donors (Lipinski definition) is 0. The molecule has 0 bridgehead atoms. The Hall–Kier alpha value is -1.60. The van der Waals surface area contributed by atoms with E-state index in [0.29, 0.717) is 15.7 Å². The third kappa shape index (κ3) is 3.71. The third-order valence-corrected chi connectivity index (χ3v) is 3.63. The summed E-state index contributed by atoms with van der Waals surface area (Å²) in [7, 11) is 0. The van der Waals surface area contributed by atoms with Gasteiger partial charge in [-0.25, -0.2) is 4.99 Å². The highest BCUT2D eigenvalue weighted by molar-refractivity contribution is 6.42. The Bertz CT molecular complexity index is 657. The smallest absolute Gasteiger partial charge is 0.0958 e. The van der Waals surface area contributed by atoms with E-state index < -0.39 is 0 Å². The Kier molecular flexibility index (Phi) is 4.61. The van der Waals surface area contributed by atoms with E-state index in [1.807, 2.05) is 44.2 Å². The lowest BCUT2D eigenvalue weighted by Gasteiger charge is -2.17. The largest absolute Gasteiger partial charge is 0.214 e. The molecule has 0 radical (unpaired) electrons. The Morgan fingerprint density at radius 2 is 1.65 bits per heavy atom. The van der Waals surface area contributed by atoms with Crippen molar-refractivity contribution in [2.75, 3.05) is 0 Å². The van der Waals surface area contributed by atoms with Crippen LogP contribution in [0.25, 0.3) is 0 Å². The highest BCUT2D eigenvalue weighted by Crippen LogP contribution is 2.27. The monoisotopic (exact) mass is 304 g/mol. The summed E-state index contributed by atoms with van der Waals surface area (Å²) in [6.07, 6.45) is 0. The van der Waals surface area contributed by atoms with Gasteiger partial charge in [-0.2, -0.15) is 4.99 Å². The van der Waals surface area contributed by atoms with Crippen LogP contribution in [0.5, 0.6) is 0 Å². The van der Waals surface area contributed by atoms with Crippen molar-refractivity contribution in [2.24, 2.45) is 9.98 Å². The van der Waals surface area contributed by atoms with Crippen LogP contribution in [0.4, 0.5) is 5.69 Å². The first-order valence-electron chi connectivity index (χ1n) is 6.17. The molecule has 0 aliphatic carbocycles. The topological polar surface area (TPSA) is 24.7 Å². The molecule has 4 heteroatoms. The molecular weight excluding hydrogens is 291 g/mol. The van der Waals surface area contributed by atoms with Crippen LogP contribution in [-0.2, 0) is 5.54 Å². The maximum absolute atomic E-state index is 5.93. The van der Waals surface area contributed by atoms with Gasteiger partial charge in [0.25, 0.3) is 0 Å². The van der Waals surface area contributed by atoms with Crippen molar-refractivity contribution in [3.05, 3.63) is 64.1 Å². The summed E-state index contributed by atoms with van der Waals surface area (Å²) in [5.41, 5.74) is 1.41. The van der Waals surface area contributed by atoms with Gasteiger partial charge in [0.1, 0.15) is 0 Å². The molecule has 2 aromatic carbocycles. The maximum Gasteiger partial charge on any atom is 0.0958 e. The average Bonchev–Trinajstić information content (AvgIpc) is 2.44. The van der Waals surface area contributed by atoms with Gasteiger partial charge in [0.2, 0.25) is 0 Å². The van der Waals surface area contributed by atoms with Crippen LogP contribution in [0.3, 0.4) is 0 Å². The number of rotatable bonds is 3. The fourth-order valence-electron chi connectivity index (χ4n) is 1.67. The molecule has 0 unspecified atom stereocenters. The maximum atomic E-state index is 5.93. The summed E-state index contributed by atoms with van der Waals surface area (Å²) in [5, 5.41) is 0.976. The fourth-order valence-corrected chi connectivity index (χ4v) is 1.97. The van der Waals surface area contributed by atoms with Gasteiger partial charge >= 0.3 is 0 Å². The number of benzene rings is 2. The van der Waals surface area contributed by atoms with E-state index >= 15 is 0 Å². The highest BCUT2D eigenvalue weighted by Gasteiger charge is 2.17. The summed E-state index contributed by atoms with van der Waals surface area (Å²) < 4.78 is 0. The molecular formula is C16H14Cl2N2. The van der Waals surface area contributed by atoms with Crippen LogP contribution in [0, 0.1) is 0 Å². The van der Waals surface area contributed by atoms with Crippen LogP contribution >= 0.6 is 23.2 Å². The minimum atomic E-state index is -0.374. The molecule has 20 heavy (non-hydrogen) atoms. The van der Waals surface area contributed by atoms with Crippen LogP contribution in [0.2, 0.25) is 10.0 Å². The molecule has 0 aliphatic heterocycles. The Balaban J connectivity index is 2.23. The molecule has 0 amide bonds. The van der Waals surface area contributed by atoms with E-state index in [4.69, 9.17) is 23.2 Å². The lowest BCUT2D eigenvalue weighted by molar-refractivity contribution is 0.562. The van der Waals surface area contributed by atoms with Gasteiger partial charge in [-0.15, -0.1) is 0 Å². The SMILES string of the molecule is CC(C)(N=C=Nc1ccc(Cl)c(Cl)c1)c1ccccc1. The van der Waals surface area contributed by atoms with Gasteiger partial charge in [-0.05, 0) is 37.6 Å². The molecule has 2 nitrogen and oxygen atoms in total. The van der Waals surface area contributed by atoms with Crippen molar-refractivity contribution in [2.45, 2.75) is 19.4 Å². The summed E-state index contributed by atoms with van der Waals surface area (Å²) in [5.74, 6) is 0. The van der Waals surface area contributed by atoms with Crippen LogP contribution in [0.1, 0.15) is 19.4 Å². The molecule has 0 fully saturated rings. The van der Waals surface area contributed by atoms with Crippen LogP contribution < -0.4 is 0 Å². The average molecular weight is 305 g/mol. The normalized spacial score (nSPS) is 10.8. The standard InChI is InChI=1S/C16H14Cl2N2/c1-16(2,12-6-4-3-5-7-12)20-11-19-13-8-9-14(17)15(18)10-13/h3-10H,1-2H3. The lowest BCUT2D eigenvalue weighted by atomic mass is 9.95. The first kappa shape index (κ1) is 14.8. The molecule has 102 valence electrons. The van der Waals surface area contributed by atoms with Gasteiger partial charge in [0.15, 0.2) is 0 Å². The third-order valence-electron chi connectivity index (χ3n) is 2.89. The van der Waals surface area contributed by atoms with Gasteiger partial charge in [0.05, 0.1) is 27.3 Å². The predicted molar refractivity (Wildman–Crippen MR) is 85.5 cm³/mol. The summed E-state index contributed by atoms with van der Waals surface area (Å²) in [4.78, 5) is 8.54. The number of nitrogens with zero attached hydrogens (tertiary/aromatic N) is 2. The minimum Gasteiger partial charge on any atom is -0.214 e. The Morgan fingerprint density at radius 3 is 2.30 bits per heavy atom. The zero-order valence-electron chi connectivity index (χ0n) is 11.3. The van der Waals surface area contributed by atoms with E-state index in [-0.39, 0.29) is 5.54 Å². The Labute approximate surface area is 128 Å². The van der Waals surface area contributed by atoms with Gasteiger partial charge in [-0.1, -0.05) is 53.5 Å². The van der Waals surface area contributed by atoms with E-state index in [1.165, 1.54) is 0 Å². The van der Waals surface area contributed by atoms with E-state index in [1.54, 1.807) is 18.2 Å². The minimum absolute atomic E-state index is 0.374. The molecule has 0 saturated heterocycles. The van der Waals surface area contributed by atoms with Gasteiger partial charge < -0.3 is 0 Å². The van der Waals surface area contributed by atoms with Crippen molar-refractivity contribution in [1.82, 2.24) is 0 Å². The fraction of sp³-hybridized carbons (Fsp3) is 0.188. The zero-order valence-corrected chi connectivity index (χ0v) is 12.8. The second kappa shape index (κ2) is 6.23. The van der Waals surface area contributed by atoms with Crippen molar-refractivity contribution >= 4 is 34.9 Å². The first-order chi connectivity index (χ1) is 9.49. The summed E-state index contributed by atoms with van der Waals surface area (Å²) in [6, 6.07) is 17.9. The second-order valence-corrected chi connectivity index (χ2v) is 5.66. The molecule has 0 aromatic heterocycles. The Morgan fingerprint density at radius 1 is 0.950 bits per heavy atom. The van der Waals surface area contributed by atoms with E-state index in [9.17, 15) is 0 Å². The molecule has 0 N–H and O–H groups in total. The van der Waals surface area contributed by atoms with Crippen LogP contribution in [-0.4, -0.2) is 6.01 Å². The molecule has 0 heterocycles. The number of halogens is 2. The summed E-state index contributed by atoms with van der Waals surface area (Å²) in [6.45, 7) is 4.03. The quantitative estimate of drug-likeness (QED) is 0.647. The van der Waals surface area contributed by atoms with Gasteiger partial charge in [-0.3, -0.25) is 0 Å². The molecule has 0 spiro atoms. The first-order valence-corrected chi connectivity index (χ1v) is 6.93. The van der Waals surface area contributed by atoms with Crippen molar-refractivity contribution in [1.29, 1.82) is 0 Å². The summed E-state index contributed by atoms with van der Waals surface area (Å²) >= 11 is 11.8. The number of aliphatic imine (C=N–C) groups is 2.